The van der Waals surface area contributed by atoms with Gasteiger partial charge in [-0.15, -0.1) is 0 Å². The molecule has 20 heavy (non-hydrogen) atoms. The SMILES string of the molecule is Cc1ccnc(N2CC(C)(C)OC(C)(C)C2)c1C(=O)O. The molecule has 0 aromatic carbocycles. The van der Waals surface area contributed by atoms with Crippen LogP contribution in [0.3, 0.4) is 0 Å². The van der Waals surface area contributed by atoms with Gasteiger partial charge >= 0.3 is 5.97 Å². The topological polar surface area (TPSA) is 62.7 Å². The van der Waals surface area contributed by atoms with Crippen molar-refractivity contribution in [2.24, 2.45) is 0 Å². The van der Waals surface area contributed by atoms with Gasteiger partial charge in [0.25, 0.3) is 0 Å². The van der Waals surface area contributed by atoms with Crippen LogP contribution in [-0.2, 0) is 4.74 Å². The third kappa shape index (κ3) is 2.93. The van der Waals surface area contributed by atoms with Crippen molar-refractivity contribution in [1.82, 2.24) is 4.98 Å². The first-order valence-electron chi connectivity index (χ1n) is 6.75. The number of aromatic nitrogens is 1. The van der Waals surface area contributed by atoms with Gasteiger partial charge in [0.2, 0.25) is 0 Å². The Morgan fingerprint density at radius 2 is 1.85 bits per heavy atom. The number of carboxylic acid groups (broad SMARTS) is 1. The summed E-state index contributed by atoms with van der Waals surface area (Å²) in [6.45, 7) is 11.1. The minimum Gasteiger partial charge on any atom is -0.478 e. The maximum Gasteiger partial charge on any atom is 0.339 e. The molecule has 0 bridgehead atoms. The molecule has 1 aliphatic rings. The lowest BCUT2D eigenvalue weighted by atomic mass is 9.98. The molecule has 0 saturated carbocycles. The molecule has 5 nitrogen and oxygen atoms in total. The van der Waals surface area contributed by atoms with Crippen LogP contribution in [0.15, 0.2) is 12.3 Å². The molecule has 1 saturated heterocycles. The smallest absolute Gasteiger partial charge is 0.339 e. The Balaban J connectivity index is 2.46. The summed E-state index contributed by atoms with van der Waals surface area (Å²) in [5.74, 6) is -0.408. The quantitative estimate of drug-likeness (QED) is 0.900. The molecule has 1 fully saturated rings. The number of anilines is 1. The predicted molar refractivity (Wildman–Crippen MR) is 77.4 cm³/mol. The van der Waals surface area contributed by atoms with Crippen molar-refractivity contribution in [1.29, 1.82) is 0 Å². The number of carbonyl (C=O) groups is 1. The summed E-state index contributed by atoms with van der Waals surface area (Å²) in [6, 6.07) is 1.73. The van der Waals surface area contributed by atoms with E-state index in [1.165, 1.54) is 0 Å². The van der Waals surface area contributed by atoms with Gasteiger partial charge in [-0.25, -0.2) is 9.78 Å². The second-order valence-corrected chi connectivity index (χ2v) is 6.61. The van der Waals surface area contributed by atoms with Crippen LogP contribution in [0.1, 0.15) is 43.6 Å². The number of nitrogens with zero attached hydrogens (tertiary/aromatic N) is 2. The van der Waals surface area contributed by atoms with E-state index < -0.39 is 5.97 Å². The first-order chi connectivity index (χ1) is 9.11. The summed E-state index contributed by atoms with van der Waals surface area (Å²) in [6.07, 6.45) is 1.66. The first kappa shape index (κ1) is 14.8. The fraction of sp³-hybridized carbons (Fsp3) is 0.600. The van der Waals surface area contributed by atoms with Gasteiger partial charge in [0.1, 0.15) is 11.4 Å². The molecule has 1 aromatic heterocycles. The molecule has 0 atom stereocenters. The highest BCUT2D eigenvalue weighted by molar-refractivity contribution is 5.95. The number of hydrogen-bond acceptors (Lipinski definition) is 4. The molecular formula is C15H22N2O3. The third-order valence-corrected chi connectivity index (χ3v) is 3.35. The third-order valence-electron chi connectivity index (χ3n) is 3.35. The van der Waals surface area contributed by atoms with E-state index in [9.17, 15) is 9.90 Å². The van der Waals surface area contributed by atoms with Crippen molar-refractivity contribution in [2.45, 2.75) is 45.8 Å². The molecule has 0 amide bonds. The zero-order valence-electron chi connectivity index (χ0n) is 12.7. The fourth-order valence-electron chi connectivity index (χ4n) is 2.99. The summed E-state index contributed by atoms with van der Waals surface area (Å²) in [7, 11) is 0. The van der Waals surface area contributed by atoms with E-state index in [0.29, 0.717) is 18.9 Å². The van der Waals surface area contributed by atoms with Gasteiger partial charge in [-0.3, -0.25) is 0 Å². The van der Waals surface area contributed by atoms with Crippen LogP contribution in [-0.4, -0.2) is 40.4 Å². The van der Waals surface area contributed by atoms with E-state index in [1.54, 1.807) is 19.2 Å². The summed E-state index contributed by atoms with van der Waals surface area (Å²) in [5.41, 5.74) is 0.317. The van der Waals surface area contributed by atoms with Crippen molar-refractivity contribution in [2.75, 3.05) is 18.0 Å². The molecule has 1 N–H and O–H groups in total. The zero-order valence-corrected chi connectivity index (χ0v) is 12.7. The molecule has 1 aliphatic heterocycles. The van der Waals surface area contributed by atoms with Gasteiger partial charge < -0.3 is 14.7 Å². The average molecular weight is 278 g/mol. The van der Waals surface area contributed by atoms with Gasteiger partial charge in [0, 0.05) is 19.3 Å². The summed E-state index contributed by atoms with van der Waals surface area (Å²) in [4.78, 5) is 17.8. The monoisotopic (exact) mass is 278 g/mol. The number of morpholine rings is 1. The molecule has 110 valence electrons. The van der Waals surface area contributed by atoms with Crippen molar-refractivity contribution in [3.63, 3.8) is 0 Å². The number of aryl methyl sites for hydroxylation is 1. The number of pyridine rings is 1. The summed E-state index contributed by atoms with van der Waals surface area (Å²) < 4.78 is 6.03. The number of carboxylic acids is 1. The van der Waals surface area contributed by atoms with Crippen LogP contribution in [0, 0.1) is 6.92 Å². The van der Waals surface area contributed by atoms with Crippen LogP contribution in [0.5, 0.6) is 0 Å². The van der Waals surface area contributed by atoms with Crippen molar-refractivity contribution < 1.29 is 14.6 Å². The Kier molecular flexibility index (Phi) is 3.50. The Morgan fingerprint density at radius 1 is 1.30 bits per heavy atom. The molecule has 0 unspecified atom stereocenters. The standard InChI is InChI=1S/C15H22N2O3/c1-10-6-7-16-12(11(10)13(18)19)17-8-14(2,3)20-15(4,5)9-17/h6-7H,8-9H2,1-5H3,(H,18,19). The van der Waals surface area contributed by atoms with Crippen molar-refractivity contribution in [3.05, 3.63) is 23.4 Å². The zero-order chi connectivity index (χ0) is 15.1. The maximum absolute atomic E-state index is 11.5. The van der Waals surface area contributed by atoms with Crippen LogP contribution in [0.25, 0.3) is 0 Å². The molecule has 2 heterocycles. The Labute approximate surface area is 119 Å². The van der Waals surface area contributed by atoms with Gasteiger partial charge in [0.15, 0.2) is 0 Å². The van der Waals surface area contributed by atoms with E-state index in [-0.39, 0.29) is 16.8 Å². The maximum atomic E-state index is 11.5. The predicted octanol–water partition coefficient (Wildman–Crippen LogP) is 2.48. The highest BCUT2D eigenvalue weighted by Crippen LogP contribution is 2.32. The summed E-state index contributed by atoms with van der Waals surface area (Å²) >= 11 is 0. The Bertz CT molecular complexity index is 522. The lowest BCUT2D eigenvalue weighted by Gasteiger charge is -2.47. The first-order valence-corrected chi connectivity index (χ1v) is 6.75. The molecule has 0 radical (unpaired) electrons. The van der Waals surface area contributed by atoms with E-state index in [4.69, 9.17) is 4.74 Å². The molecule has 2 rings (SSSR count). The largest absolute Gasteiger partial charge is 0.478 e. The minimum atomic E-state index is -0.937. The van der Waals surface area contributed by atoms with Crippen LogP contribution < -0.4 is 4.90 Å². The number of aromatic carboxylic acids is 1. The van der Waals surface area contributed by atoms with Crippen LogP contribution >= 0.6 is 0 Å². The fourth-order valence-corrected chi connectivity index (χ4v) is 2.99. The number of rotatable bonds is 2. The summed E-state index contributed by atoms with van der Waals surface area (Å²) in [5, 5.41) is 9.44. The second-order valence-electron chi connectivity index (χ2n) is 6.61. The Hall–Kier alpha value is -1.62. The Morgan fingerprint density at radius 3 is 2.35 bits per heavy atom. The minimum absolute atomic E-state index is 0.279. The van der Waals surface area contributed by atoms with E-state index in [2.05, 4.69) is 4.98 Å². The normalized spacial score (nSPS) is 20.8. The highest BCUT2D eigenvalue weighted by atomic mass is 16.5. The van der Waals surface area contributed by atoms with Crippen molar-refractivity contribution in [3.8, 4) is 0 Å². The van der Waals surface area contributed by atoms with Gasteiger partial charge in [-0.2, -0.15) is 0 Å². The van der Waals surface area contributed by atoms with Gasteiger partial charge in [0.05, 0.1) is 11.2 Å². The molecule has 1 aromatic rings. The second kappa shape index (κ2) is 4.74. The van der Waals surface area contributed by atoms with E-state index in [1.807, 2.05) is 32.6 Å². The number of hydrogen-bond donors (Lipinski definition) is 1. The molecule has 5 heteroatoms. The van der Waals surface area contributed by atoms with Gasteiger partial charge in [-0.1, -0.05) is 0 Å². The molecular weight excluding hydrogens is 256 g/mol. The molecule has 0 spiro atoms. The molecule has 0 aliphatic carbocycles. The number of ether oxygens (including phenoxy) is 1. The van der Waals surface area contributed by atoms with E-state index in [0.717, 1.165) is 5.56 Å². The van der Waals surface area contributed by atoms with E-state index >= 15 is 0 Å². The van der Waals surface area contributed by atoms with Gasteiger partial charge in [-0.05, 0) is 46.2 Å². The lowest BCUT2D eigenvalue weighted by Crippen LogP contribution is -2.57. The van der Waals surface area contributed by atoms with Crippen LogP contribution in [0.4, 0.5) is 5.82 Å². The lowest BCUT2D eigenvalue weighted by molar-refractivity contribution is -0.133. The van der Waals surface area contributed by atoms with Crippen molar-refractivity contribution >= 4 is 11.8 Å². The average Bonchev–Trinajstić information content (AvgIpc) is 2.23. The van der Waals surface area contributed by atoms with Crippen LogP contribution in [0.2, 0.25) is 0 Å². The highest BCUT2D eigenvalue weighted by Gasteiger charge is 2.39.